The number of hydrogen-bond donors (Lipinski definition) is 1. The predicted octanol–water partition coefficient (Wildman–Crippen LogP) is 1.72. The van der Waals surface area contributed by atoms with Crippen LogP contribution in [0.1, 0.15) is 18.5 Å². The third-order valence-electron chi connectivity index (χ3n) is 1.92. The molecule has 1 aromatic rings. The molecule has 1 atom stereocenters. The number of hydrogen-bond acceptors (Lipinski definition) is 3. The van der Waals surface area contributed by atoms with Gasteiger partial charge in [-0.1, -0.05) is 12.1 Å². The fourth-order valence-electron chi connectivity index (χ4n) is 1.27. The molecule has 0 aliphatic rings. The minimum absolute atomic E-state index is 0.0509. The number of methoxy groups -OCH3 is 2. The average molecular weight is 181 g/mol. The SMILES string of the molecule is COc1cccc(C(C)N)c1OC. The van der Waals surface area contributed by atoms with Gasteiger partial charge in [0.25, 0.3) is 0 Å². The van der Waals surface area contributed by atoms with Crippen molar-refractivity contribution in [2.45, 2.75) is 13.0 Å². The van der Waals surface area contributed by atoms with Crippen molar-refractivity contribution in [1.82, 2.24) is 0 Å². The molecule has 3 nitrogen and oxygen atoms in total. The Morgan fingerprint density at radius 2 is 1.92 bits per heavy atom. The van der Waals surface area contributed by atoms with Crippen molar-refractivity contribution in [1.29, 1.82) is 0 Å². The number of nitrogens with two attached hydrogens (primary N) is 1. The maximum atomic E-state index is 5.78. The lowest BCUT2D eigenvalue weighted by Gasteiger charge is -2.14. The second-order valence-corrected chi connectivity index (χ2v) is 2.87. The van der Waals surface area contributed by atoms with Gasteiger partial charge in [0.2, 0.25) is 0 Å². The fourth-order valence-corrected chi connectivity index (χ4v) is 1.27. The van der Waals surface area contributed by atoms with Gasteiger partial charge in [-0.05, 0) is 13.0 Å². The van der Waals surface area contributed by atoms with E-state index in [-0.39, 0.29) is 6.04 Å². The highest BCUT2D eigenvalue weighted by Gasteiger charge is 2.11. The quantitative estimate of drug-likeness (QED) is 0.772. The van der Waals surface area contributed by atoms with E-state index < -0.39 is 0 Å². The molecule has 1 unspecified atom stereocenters. The van der Waals surface area contributed by atoms with Gasteiger partial charge in [-0.15, -0.1) is 0 Å². The molecule has 0 bridgehead atoms. The second-order valence-electron chi connectivity index (χ2n) is 2.87. The summed E-state index contributed by atoms with van der Waals surface area (Å²) in [6.07, 6.45) is 0. The molecule has 0 heterocycles. The van der Waals surface area contributed by atoms with Crippen molar-refractivity contribution in [3.05, 3.63) is 23.8 Å². The molecule has 0 fully saturated rings. The van der Waals surface area contributed by atoms with Gasteiger partial charge in [-0.25, -0.2) is 0 Å². The smallest absolute Gasteiger partial charge is 0.165 e. The Bertz CT molecular complexity index is 284. The van der Waals surface area contributed by atoms with Crippen LogP contribution >= 0.6 is 0 Å². The summed E-state index contributed by atoms with van der Waals surface area (Å²) in [6, 6.07) is 5.64. The fraction of sp³-hybridized carbons (Fsp3) is 0.400. The second kappa shape index (κ2) is 4.14. The lowest BCUT2D eigenvalue weighted by molar-refractivity contribution is 0.350. The van der Waals surface area contributed by atoms with Crippen LogP contribution in [-0.4, -0.2) is 14.2 Å². The van der Waals surface area contributed by atoms with E-state index in [0.29, 0.717) is 0 Å². The van der Waals surface area contributed by atoms with E-state index in [0.717, 1.165) is 17.1 Å². The molecule has 72 valence electrons. The average Bonchev–Trinajstić information content (AvgIpc) is 2.16. The Morgan fingerprint density at radius 3 is 2.38 bits per heavy atom. The first-order chi connectivity index (χ1) is 6.20. The van der Waals surface area contributed by atoms with Gasteiger partial charge in [0.1, 0.15) is 0 Å². The van der Waals surface area contributed by atoms with Crippen molar-refractivity contribution < 1.29 is 9.47 Å². The summed E-state index contributed by atoms with van der Waals surface area (Å²) in [7, 11) is 3.23. The van der Waals surface area contributed by atoms with E-state index in [4.69, 9.17) is 15.2 Å². The van der Waals surface area contributed by atoms with Crippen LogP contribution in [0, 0.1) is 0 Å². The van der Waals surface area contributed by atoms with Crippen LogP contribution in [0.5, 0.6) is 11.5 Å². The van der Waals surface area contributed by atoms with Gasteiger partial charge in [0.05, 0.1) is 14.2 Å². The van der Waals surface area contributed by atoms with E-state index >= 15 is 0 Å². The van der Waals surface area contributed by atoms with Crippen molar-refractivity contribution in [3.63, 3.8) is 0 Å². The van der Waals surface area contributed by atoms with E-state index in [1.165, 1.54) is 0 Å². The number of rotatable bonds is 3. The molecule has 0 saturated heterocycles. The summed E-state index contributed by atoms with van der Waals surface area (Å²) in [6.45, 7) is 1.91. The zero-order valence-corrected chi connectivity index (χ0v) is 8.20. The van der Waals surface area contributed by atoms with Gasteiger partial charge in [0, 0.05) is 11.6 Å². The zero-order chi connectivity index (χ0) is 9.84. The van der Waals surface area contributed by atoms with Gasteiger partial charge < -0.3 is 15.2 Å². The molecule has 0 radical (unpaired) electrons. The molecule has 0 aliphatic carbocycles. The van der Waals surface area contributed by atoms with Crippen LogP contribution < -0.4 is 15.2 Å². The normalized spacial score (nSPS) is 12.3. The minimum atomic E-state index is -0.0509. The molecule has 0 aromatic heterocycles. The molecule has 0 saturated carbocycles. The minimum Gasteiger partial charge on any atom is -0.493 e. The summed E-state index contributed by atoms with van der Waals surface area (Å²) in [5.74, 6) is 1.44. The van der Waals surface area contributed by atoms with Gasteiger partial charge in [0.15, 0.2) is 11.5 Å². The highest BCUT2D eigenvalue weighted by Crippen LogP contribution is 2.33. The highest BCUT2D eigenvalue weighted by molar-refractivity contribution is 5.47. The Morgan fingerprint density at radius 1 is 1.23 bits per heavy atom. The maximum Gasteiger partial charge on any atom is 0.165 e. The molecule has 1 aromatic carbocycles. The third-order valence-corrected chi connectivity index (χ3v) is 1.92. The Kier molecular flexibility index (Phi) is 3.14. The first-order valence-electron chi connectivity index (χ1n) is 4.17. The van der Waals surface area contributed by atoms with Gasteiger partial charge in [-0.2, -0.15) is 0 Å². The molecular formula is C10H15NO2. The summed E-state index contributed by atoms with van der Waals surface area (Å²) in [5, 5.41) is 0. The molecule has 0 spiro atoms. The molecule has 2 N–H and O–H groups in total. The largest absolute Gasteiger partial charge is 0.493 e. The first-order valence-corrected chi connectivity index (χ1v) is 4.17. The Hall–Kier alpha value is -1.22. The summed E-state index contributed by atoms with van der Waals surface area (Å²) in [4.78, 5) is 0. The lowest BCUT2D eigenvalue weighted by Crippen LogP contribution is -2.07. The first kappa shape index (κ1) is 9.86. The van der Waals surface area contributed by atoms with Crippen LogP contribution in [0.4, 0.5) is 0 Å². The number of para-hydroxylation sites is 1. The van der Waals surface area contributed by atoms with Crippen molar-refractivity contribution in [2.24, 2.45) is 5.73 Å². The lowest BCUT2D eigenvalue weighted by atomic mass is 10.1. The zero-order valence-electron chi connectivity index (χ0n) is 8.20. The molecule has 3 heteroatoms. The third kappa shape index (κ3) is 1.92. The van der Waals surface area contributed by atoms with E-state index in [2.05, 4.69) is 0 Å². The summed E-state index contributed by atoms with van der Waals surface area (Å²) >= 11 is 0. The van der Waals surface area contributed by atoms with E-state index in [1.807, 2.05) is 25.1 Å². The monoisotopic (exact) mass is 181 g/mol. The molecule has 0 aliphatic heterocycles. The Labute approximate surface area is 78.5 Å². The molecule has 0 amide bonds. The van der Waals surface area contributed by atoms with Crippen LogP contribution in [0.2, 0.25) is 0 Å². The Balaban J connectivity index is 3.19. The van der Waals surface area contributed by atoms with E-state index in [1.54, 1.807) is 14.2 Å². The van der Waals surface area contributed by atoms with E-state index in [9.17, 15) is 0 Å². The highest BCUT2D eigenvalue weighted by atomic mass is 16.5. The van der Waals surface area contributed by atoms with Crippen LogP contribution in [0.3, 0.4) is 0 Å². The predicted molar refractivity (Wildman–Crippen MR) is 52.1 cm³/mol. The topological polar surface area (TPSA) is 44.5 Å². The maximum absolute atomic E-state index is 5.78. The van der Waals surface area contributed by atoms with Gasteiger partial charge in [-0.3, -0.25) is 0 Å². The number of ether oxygens (including phenoxy) is 2. The molecule has 1 rings (SSSR count). The summed E-state index contributed by atoms with van der Waals surface area (Å²) < 4.78 is 10.4. The molecular weight excluding hydrogens is 166 g/mol. The number of benzene rings is 1. The van der Waals surface area contributed by atoms with Crippen LogP contribution in [-0.2, 0) is 0 Å². The molecule has 13 heavy (non-hydrogen) atoms. The van der Waals surface area contributed by atoms with Crippen molar-refractivity contribution >= 4 is 0 Å². The van der Waals surface area contributed by atoms with Crippen LogP contribution in [0.15, 0.2) is 18.2 Å². The van der Waals surface area contributed by atoms with Crippen LogP contribution in [0.25, 0.3) is 0 Å². The standard InChI is InChI=1S/C10H15NO2/c1-7(11)8-5-4-6-9(12-2)10(8)13-3/h4-7H,11H2,1-3H3. The van der Waals surface area contributed by atoms with Crippen molar-refractivity contribution in [2.75, 3.05) is 14.2 Å². The summed E-state index contributed by atoms with van der Waals surface area (Å²) in [5.41, 5.74) is 6.74. The van der Waals surface area contributed by atoms with Gasteiger partial charge >= 0.3 is 0 Å². The van der Waals surface area contributed by atoms with Crippen molar-refractivity contribution in [3.8, 4) is 11.5 Å².